The van der Waals surface area contributed by atoms with Gasteiger partial charge in [0.05, 0.1) is 11.9 Å². The monoisotopic (exact) mass is 239 g/mol. The second-order valence-corrected chi connectivity index (χ2v) is 5.10. The fourth-order valence-electron chi connectivity index (χ4n) is 1.78. The van der Waals surface area contributed by atoms with Crippen molar-refractivity contribution >= 4 is 11.8 Å². The highest BCUT2D eigenvalue weighted by Crippen LogP contribution is 2.26. The highest BCUT2D eigenvalue weighted by Gasteiger charge is 2.26. The summed E-state index contributed by atoms with van der Waals surface area (Å²) in [4.78, 5) is 8.68. The van der Waals surface area contributed by atoms with Crippen LogP contribution in [-0.2, 0) is 4.74 Å². The molecule has 1 aliphatic rings. The summed E-state index contributed by atoms with van der Waals surface area (Å²) in [6, 6.07) is 2.40. The Hall–Kier alpha value is -0.650. The third kappa shape index (κ3) is 2.93. The smallest absolute Gasteiger partial charge is 0.188 e. The molecular formula is C11H17N3OS. The van der Waals surface area contributed by atoms with Crippen molar-refractivity contribution < 1.29 is 4.74 Å². The standard InChI is InChI=1S/C11H17N3OS/c1-8-3-5-13-11(14-8)16-10-7-15-6-4-9(10)12-2/h3,5,9-10,12H,4,6-7H2,1-2H3. The van der Waals surface area contributed by atoms with E-state index in [9.17, 15) is 0 Å². The third-order valence-corrected chi connectivity index (χ3v) is 3.88. The first-order valence-electron chi connectivity index (χ1n) is 5.51. The maximum atomic E-state index is 5.50. The first-order chi connectivity index (χ1) is 7.79. The summed E-state index contributed by atoms with van der Waals surface area (Å²) in [5, 5.41) is 4.58. The van der Waals surface area contributed by atoms with E-state index < -0.39 is 0 Å². The molecule has 0 radical (unpaired) electrons. The van der Waals surface area contributed by atoms with Gasteiger partial charge < -0.3 is 10.1 Å². The number of ether oxygens (including phenoxy) is 1. The summed E-state index contributed by atoms with van der Waals surface area (Å²) in [5.41, 5.74) is 1.01. The molecule has 0 saturated carbocycles. The van der Waals surface area contributed by atoms with Gasteiger partial charge >= 0.3 is 0 Å². The molecule has 2 rings (SSSR count). The molecule has 1 fully saturated rings. The molecule has 88 valence electrons. The van der Waals surface area contributed by atoms with Crippen molar-refractivity contribution in [3.63, 3.8) is 0 Å². The molecule has 5 heteroatoms. The van der Waals surface area contributed by atoms with Crippen molar-refractivity contribution in [1.29, 1.82) is 0 Å². The largest absolute Gasteiger partial charge is 0.380 e. The second-order valence-electron chi connectivity index (χ2n) is 3.90. The SMILES string of the molecule is CNC1CCOCC1Sc1nccc(C)n1. The van der Waals surface area contributed by atoms with Crippen molar-refractivity contribution in [2.75, 3.05) is 20.3 Å². The lowest BCUT2D eigenvalue weighted by molar-refractivity contribution is 0.0850. The molecule has 1 aliphatic heterocycles. The first-order valence-corrected chi connectivity index (χ1v) is 6.39. The Morgan fingerprint density at radius 1 is 1.56 bits per heavy atom. The average Bonchev–Trinajstić information content (AvgIpc) is 2.30. The van der Waals surface area contributed by atoms with Crippen LogP contribution in [0.2, 0.25) is 0 Å². The van der Waals surface area contributed by atoms with Crippen LogP contribution in [-0.4, -0.2) is 41.5 Å². The number of aromatic nitrogens is 2. The van der Waals surface area contributed by atoms with Crippen LogP contribution < -0.4 is 5.32 Å². The zero-order valence-electron chi connectivity index (χ0n) is 9.64. The van der Waals surface area contributed by atoms with Gasteiger partial charge in [0.25, 0.3) is 0 Å². The van der Waals surface area contributed by atoms with Gasteiger partial charge in [0.1, 0.15) is 0 Å². The van der Waals surface area contributed by atoms with Crippen LogP contribution in [0.4, 0.5) is 0 Å². The van der Waals surface area contributed by atoms with E-state index in [-0.39, 0.29) is 0 Å². The summed E-state index contributed by atoms with van der Waals surface area (Å²) in [6.07, 6.45) is 2.86. The number of thioether (sulfide) groups is 1. The topological polar surface area (TPSA) is 47.0 Å². The Kier molecular flexibility index (Phi) is 4.15. The van der Waals surface area contributed by atoms with E-state index in [1.807, 2.05) is 26.2 Å². The normalized spacial score (nSPS) is 25.6. The fraction of sp³-hybridized carbons (Fsp3) is 0.636. The molecule has 1 N–H and O–H groups in total. The van der Waals surface area contributed by atoms with Crippen LogP contribution in [0.1, 0.15) is 12.1 Å². The minimum atomic E-state index is 0.403. The maximum absolute atomic E-state index is 5.50. The Morgan fingerprint density at radius 3 is 3.19 bits per heavy atom. The van der Waals surface area contributed by atoms with Gasteiger partial charge in [0.2, 0.25) is 0 Å². The van der Waals surface area contributed by atoms with Crippen molar-refractivity contribution in [3.8, 4) is 0 Å². The van der Waals surface area contributed by atoms with Gasteiger partial charge in [-0.05, 0) is 26.5 Å². The quantitative estimate of drug-likeness (QED) is 0.805. The Morgan fingerprint density at radius 2 is 2.44 bits per heavy atom. The Balaban J connectivity index is 2.02. The van der Waals surface area contributed by atoms with Gasteiger partial charge in [-0.3, -0.25) is 0 Å². The van der Waals surface area contributed by atoms with Gasteiger partial charge in [-0.25, -0.2) is 9.97 Å². The van der Waals surface area contributed by atoms with Crippen molar-refractivity contribution in [3.05, 3.63) is 18.0 Å². The lowest BCUT2D eigenvalue weighted by Gasteiger charge is -2.30. The summed E-state index contributed by atoms with van der Waals surface area (Å²) < 4.78 is 5.50. The highest BCUT2D eigenvalue weighted by molar-refractivity contribution is 7.99. The van der Waals surface area contributed by atoms with Crippen LogP contribution in [0.25, 0.3) is 0 Å². The summed E-state index contributed by atoms with van der Waals surface area (Å²) in [7, 11) is 2.00. The molecule has 1 saturated heterocycles. The summed E-state index contributed by atoms with van der Waals surface area (Å²) >= 11 is 1.70. The molecule has 16 heavy (non-hydrogen) atoms. The molecule has 0 amide bonds. The van der Waals surface area contributed by atoms with Crippen LogP contribution >= 0.6 is 11.8 Å². The second kappa shape index (κ2) is 5.61. The minimum Gasteiger partial charge on any atom is -0.380 e. The maximum Gasteiger partial charge on any atom is 0.188 e. The molecule has 1 aromatic rings. The van der Waals surface area contributed by atoms with Crippen molar-refractivity contribution in [2.24, 2.45) is 0 Å². The van der Waals surface area contributed by atoms with Crippen LogP contribution in [0, 0.1) is 6.92 Å². The van der Waals surface area contributed by atoms with Gasteiger partial charge in [0, 0.05) is 24.5 Å². The van der Waals surface area contributed by atoms with E-state index in [0.29, 0.717) is 11.3 Å². The first kappa shape index (κ1) is 11.8. The lowest BCUT2D eigenvalue weighted by atomic mass is 10.1. The molecule has 0 aromatic carbocycles. The van der Waals surface area contributed by atoms with E-state index >= 15 is 0 Å². The zero-order valence-corrected chi connectivity index (χ0v) is 10.5. The Bertz CT molecular complexity index is 348. The van der Waals surface area contributed by atoms with Crippen molar-refractivity contribution in [1.82, 2.24) is 15.3 Å². The van der Waals surface area contributed by atoms with E-state index in [1.165, 1.54) is 0 Å². The molecule has 2 heterocycles. The van der Waals surface area contributed by atoms with Crippen molar-refractivity contribution in [2.45, 2.75) is 29.8 Å². The van der Waals surface area contributed by atoms with Gasteiger partial charge in [0.15, 0.2) is 5.16 Å². The molecular weight excluding hydrogens is 222 g/mol. The van der Waals surface area contributed by atoms with Crippen LogP contribution in [0.3, 0.4) is 0 Å². The summed E-state index contributed by atoms with van der Waals surface area (Å²) in [5.74, 6) is 0. The lowest BCUT2D eigenvalue weighted by Crippen LogP contribution is -2.43. The molecule has 0 aliphatic carbocycles. The predicted octanol–water partition coefficient (Wildman–Crippen LogP) is 1.25. The van der Waals surface area contributed by atoms with E-state index in [1.54, 1.807) is 11.8 Å². The minimum absolute atomic E-state index is 0.403. The number of rotatable bonds is 3. The summed E-state index contributed by atoms with van der Waals surface area (Å²) in [6.45, 7) is 3.60. The average molecular weight is 239 g/mol. The number of hydrogen-bond donors (Lipinski definition) is 1. The van der Waals surface area contributed by atoms with Gasteiger partial charge in [-0.1, -0.05) is 11.8 Å². The van der Waals surface area contributed by atoms with Gasteiger partial charge in [-0.2, -0.15) is 0 Å². The number of hydrogen-bond acceptors (Lipinski definition) is 5. The molecule has 0 spiro atoms. The van der Waals surface area contributed by atoms with E-state index in [0.717, 1.165) is 30.5 Å². The van der Waals surface area contributed by atoms with Crippen LogP contribution in [0.5, 0.6) is 0 Å². The third-order valence-electron chi connectivity index (χ3n) is 2.70. The van der Waals surface area contributed by atoms with Gasteiger partial charge in [-0.15, -0.1) is 0 Å². The fourth-order valence-corrected chi connectivity index (χ4v) is 2.97. The Labute approximate surface area is 100 Å². The predicted molar refractivity (Wildman–Crippen MR) is 64.7 cm³/mol. The molecule has 2 unspecified atom stereocenters. The molecule has 2 atom stereocenters. The molecule has 4 nitrogen and oxygen atoms in total. The number of nitrogens with zero attached hydrogens (tertiary/aromatic N) is 2. The van der Waals surface area contributed by atoms with E-state index in [4.69, 9.17) is 4.74 Å². The highest BCUT2D eigenvalue weighted by atomic mass is 32.2. The number of nitrogens with one attached hydrogen (secondary N) is 1. The van der Waals surface area contributed by atoms with E-state index in [2.05, 4.69) is 15.3 Å². The molecule has 0 bridgehead atoms. The van der Waals surface area contributed by atoms with Crippen LogP contribution in [0.15, 0.2) is 17.4 Å². The number of aryl methyl sites for hydroxylation is 1. The zero-order chi connectivity index (χ0) is 11.4. The molecule has 1 aromatic heterocycles.